The number of hydrogen-bond donors (Lipinski definition) is 0. The van der Waals surface area contributed by atoms with Crippen LogP contribution in [0.5, 0.6) is 0 Å². The largest absolute Gasteiger partial charge is 3.00 e. The van der Waals surface area contributed by atoms with Crippen LogP contribution in [-0.2, 0) is 26.2 Å². The summed E-state index contributed by atoms with van der Waals surface area (Å²) in [7, 11) is 0. The fraction of sp³-hybridized carbons (Fsp3) is 0.121. The van der Waals surface area contributed by atoms with Crippen LogP contribution in [0.15, 0.2) is 102 Å². The number of benzene rings is 4. The topological polar surface area (TPSA) is 0 Å². The summed E-state index contributed by atoms with van der Waals surface area (Å²) in [5.41, 5.74) is 11.5. The molecule has 0 N–H and O–H groups in total. The molecule has 0 aromatic heterocycles. The second-order valence-electron chi connectivity index (χ2n) is 9.66. The van der Waals surface area contributed by atoms with E-state index >= 15 is 0 Å². The van der Waals surface area contributed by atoms with Crippen molar-refractivity contribution in [3.05, 3.63) is 136 Å². The van der Waals surface area contributed by atoms with Crippen LogP contribution in [0.25, 0.3) is 33.7 Å². The van der Waals surface area contributed by atoms with E-state index in [2.05, 4.69) is 117 Å². The molecule has 0 saturated heterocycles. The van der Waals surface area contributed by atoms with Gasteiger partial charge in [-0.1, -0.05) is 90.0 Å². The zero-order valence-electron chi connectivity index (χ0n) is 20.2. The van der Waals surface area contributed by atoms with E-state index in [1.807, 2.05) is 0 Å². The molecule has 2 aliphatic rings. The van der Waals surface area contributed by atoms with E-state index in [-0.39, 0.29) is 51.0 Å². The van der Waals surface area contributed by atoms with Crippen LogP contribution in [-0.4, -0.2) is 0 Å². The number of hydrogen-bond acceptors (Lipinski definition) is 0. The molecule has 1 radical (unpaired) electrons. The standard InChI is InChI=1S/C33H25.2ClH.Zr/c1-20-17-23-10-4-7-13-26(23)32(20)33-27-14-8-5-11-24(27)19-30(33)31-21(2)18-29-25-12-6-3-9-22(25)15-16-28(29)31;;;/h3-19,31-32H,1-2H3;2*1H;/q-1;;;+3/p-2. The first kappa shape index (κ1) is 26.7. The van der Waals surface area contributed by atoms with Crippen molar-refractivity contribution >= 4 is 33.7 Å². The zero-order valence-corrected chi connectivity index (χ0v) is 24.2. The van der Waals surface area contributed by atoms with Crippen LogP contribution >= 0.6 is 0 Å². The van der Waals surface area contributed by atoms with E-state index in [4.69, 9.17) is 0 Å². The Morgan fingerprint density at radius 2 is 1.28 bits per heavy atom. The van der Waals surface area contributed by atoms with Gasteiger partial charge in [0, 0.05) is 5.92 Å². The number of rotatable bonds is 2. The molecule has 5 aromatic carbocycles. The van der Waals surface area contributed by atoms with Crippen LogP contribution in [0.2, 0.25) is 0 Å². The summed E-state index contributed by atoms with van der Waals surface area (Å²) in [6.45, 7) is 4.61. The van der Waals surface area contributed by atoms with Crippen molar-refractivity contribution in [1.29, 1.82) is 0 Å². The predicted octanol–water partition coefficient (Wildman–Crippen LogP) is 2.82. The van der Waals surface area contributed by atoms with Crippen molar-refractivity contribution in [2.75, 3.05) is 0 Å². The van der Waals surface area contributed by atoms with Gasteiger partial charge >= 0.3 is 26.2 Å². The average molecular weight is 584 g/mol. The van der Waals surface area contributed by atoms with Gasteiger partial charge in [-0.3, -0.25) is 0 Å². The second-order valence-corrected chi connectivity index (χ2v) is 9.66. The van der Waals surface area contributed by atoms with Crippen LogP contribution in [0.3, 0.4) is 0 Å². The van der Waals surface area contributed by atoms with Crippen molar-refractivity contribution < 1.29 is 51.0 Å². The monoisotopic (exact) mass is 581 g/mol. The van der Waals surface area contributed by atoms with E-state index in [1.54, 1.807) is 0 Å². The fourth-order valence-corrected chi connectivity index (χ4v) is 6.39. The summed E-state index contributed by atoms with van der Waals surface area (Å²) >= 11 is 0. The molecule has 0 spiro atoms. The Balaban J connectivity index is 0.00000101. The zero-order chi connectivity index (χ0) is 22.1. The van der Waals surface area contributed by atoms with E-state index in [9.17, 15) is 0 Å². The maximum Gasteiger partial charge on any atom is 3.00 e. The molecular weight excluding hydrogens is 558 g/mol. The third kappa shape index (κ3) is 3.88. The second kappa shape index (κ2) is 10.2. The van der Waals surface area contributed by atoms with Gasteiger partial charge < -0.3 is 24.8 Å². The van der Waals surface area contributed by atoms with E-state index in [0.717, 1.165) is 0 Å². The van der Waals surface area contributed by atoms with Crippen LogP contribution in [0, 0.1) is 0 Å². The summed E-state index contributed by atoms with van der Waals surface area (Å²) in [6, 6.07) is 33.8. The van der Waals surface area contributed by atoms with E-state index < -0.39 is 0 Å². The van der Waals surface area contributed by atoms with Crippen molar-refractivity contribution in [3.8, 4) is 0 Å². The molecule has 3 heteroatoms. The average Bonchev–Trinajstić information content (AvgIpc) is 3.48. The van der Waals surface area contributed by atoms with E-state index in [1.165, 1.54) is 66.1 Å². The van der Waals surface area contributed by atoms with Crippen LogP contribution < -0.4 is 24.8 Å². The van der Waals surface area contributed by atoms with Gasteiger partial charge in [-0.15, -0.1) is 46.2 Å². The van der Waals surface area contributed by atoms with Gasteiger partial charge in [0.25, 0.3) is 0 Å². The molecule has 175 valence electrons. The predicted molar refractivity (Wildman–Crippen MR) is 141 cm³/mol. The number of halogens is 2. The van der Waals surface area contributed by atoms with Gasteiger partial charge in [0.1, 0.15) is 0 Å². The summed E-state index contributed by atoms with van der Waals surface area (Å²) < 4.78 is 0. The molecule has 0 fully saturated rings. The summed E-state index contributed by atoms with van der Waals surface area (Å²) in [5.74, 6) is 0.612. The summed E-state index contributed by atoms with van der Waals surface area (Å²) in [4.78, 5) is 0. The number of fused-ring (bicyclic) bond motifs is 5. The maximum atomic E-state index is 2.46. The van der Waals surface area contributed by atoms with Crippen LogP contribution in [0.4, 0.5) is 0 Å². The summed E-state index contributed by atoms with van der Waals surface area (Å²) in [5, 5.41) is 5.42. The maximum absolute atomic E-state index is 2.46. The van der Waals surface area contributed by atoms with Crippen molar-refractivity contribution in [3.63, 3.8) is 0 Å². The molecular formula is C33H25Cl2Zr. The third-order valence-electron chi connectivity index (χ3n) is 7.76. The molecule has 0 heterocycles. The smallest absolute Gasteiger partial charge is 1.00 e. The van der Waals surface area contributed by atoms with Gasteiger partial charge in [0.05, 0.1) is 0 Å². The Kier molecular flexibility index (Phi) is 7.59. The van der Waals surface area contributed by atoms with Gasteiger partial charge in [-0.05, 0) is 52.8 Å². The molecule has 0 nitrogen and oxygen atoms in total. The van der Waals surface area contributed by atoms with Crippen molar-refractivity contribution in [2.24, 2.45) is 0 Å². The minimum absolute atomic E-state index is 0. The summed E-state index contributed by atoms with van der Waals surface area (Å²) in [6.07, 6.45) is 4.80. The van der Waals surface area contributed by atoms with Gasteiger partial charge in [-0.2, -0.15) is 0 Å². The Morgan fingerprint density at radius 1 is 0.611 bits per heavy atom. The minimum atomic E-state index is 0. The molecule has 2 aliphatic carbocycles. The molecule has 5 aromatic rings. The third-order valence-corrected chi connectivity index (χ3v) is 7.76. The normalized spacial score (nSPS) is 17.4. The molecule has 2 unspecified atom stereocenters. The first-order chi connectivity index (χ1) is 16.2. The minimum Gasteiger partial charge on any atom is -1.00 e. The fourth-order valence-electron chi connectivity index (χ4n) is 6.39. The van der Waals surface area contributed by atoms with Crippen LogP contribution in [0.1, 0.15) is 59.1 Å². The SMILES string of the molecule is CC1=Cc2c(ccc3ccccc23)C1c1[cH-]c2ccccc2c1C1C(C)=Cc2ccccc21.[Cl-].[Cl-].[Zr+3]. The quantitative estimate of drug-likeness (QED) is 0.281. The first-order valence-corrected chi connectivity index (χ1v) is 11.9. The molecule has 0 aliphatic heterocycles. The van der Waals surface area contributed by atoms with Gasteiger partial charge in [-0.25, -0.2) is 0 Å². The molecule has 36 heavy (non-hydrogen) atoms. The Labute approximate surface area is 244 Å². The molecule has 0 saturated carbocycles. The van der Waals surface area contributed by atoms with E-state index in [0.29, 0.717) is 11.8 Å². The Hall–Kier alpha value is -2.31. The number of allylic oxidation sites excluding steroid dienone is 2. The van der Waals surface area contributed by atoms with Crippen molar-refractivity contribution in [1.82, 2.24) is 0 Å². The Morgan fingerprint density at radius 3 is 2.11 bits per heavy atom. The van der Waals surface area contributed by atoms with Crippen molar-refractivity contribution in [2.45, 2.75) is 25.7 Å². The molecule has 0 amide bonds. The molecule has 2 atom stereocenters. The van der Waals surface area contributed by atoms with Gasteiger partial charge in [0.15, 0.2) is 0 Å². The van der Waals surface area contributed by atoms with Gasteiger partial charge in [0.2, 0.25) is 0 Å². The Bertz CT molecular complexity index is 1650. The molecule has 0 bridgehead atoms. The first-order valence-electron chi connectivity index (χ1n) is 11.9. The molecule has 7 rings (SSSR count).